The number of para-hydroxylation sites is 2. The van der Waals surface area contributed by atoms with Gasteiger partial charge in [0.2, 0.25) is 0 Å². The molecule has 0 fully saturated rings. The third kappa shape index (κ3) is 6.76. The molecule has 196 valence electrons. The van der Waals surface area contributed by atoms with E-state index in [9.17, 15) is 14.4 Å². The maximum atomic E-state index is 12.8. The van der Waals surface area contributed by atoms with E-state index in [4.69, 9.17) is 14.2 Å². The predicted octanol–water partition coefficient (Wildman–Crippen LogP) is 4.35. The largest absolute Gasteiger partial charge is 0.492 e. The van der Waals surface area contributed by atoms with Crippen LogP contribution in [0.15, 0.2) is 83.7 Å². The Bertz CT molecular complexity index is 1450. The Labute approximate surface area is 220 Å². The van der Waals surface area contributed by atoms with E-state index in [-0.39, 0.29) is 31.9 Å². The molecule has 0 saturated carbocycles. The topological polar surface area (TPSA) is 100.0 Å². The van der Waals surface area contributed by atoms with Gasteiger partial charge in [-0.05, 0) is 55.8 Å². The van der Waals surface area contributed by atoms with E-state index in [1.165, 1.54) is 4.90 Å². The molecule has 9 heteroatoms. The lowest BCUT2D eigenvalue weighted by Gasteiger charge is -2.21. The maximum Gasteiger partial charge on any atom is 0.416 e. The number of nitrogens with zero attached hydrogens (tertiary/aromatic N) is 3. The van der Waals surface area contributed by atoms with Crippen molar-refractivity contribution in [2.45, 2.75) is 26.9 Å². The summed E-state index contributed by atoms with van der Waals surface area (Å²) in [6, 6.07) is 23.1. The minimum atomic E-state index is -0.658. The second kappa shape index (κ2) is 12.5. The van der Waals surface area contributed by atoms with Crippen LogP contribution in [0.4, 0.5) is 4.79 Å². The summed E-state index contributed by atoms with van der Waals surface area (Å²) in [5.74, 6) is 1.09. The third-order valence-electron chi connectivity index (χ3n) is 5.76. The van der Waals surface area contributed by atoms with Crippen LogP contribution in [-0.2, 0) is 22.6 Å². The molecule has 3 aromatic carbocycles. The van der Waals surface area contributed by atoms with E-state index < -0.39 is 12.1 Å². The number of hydrogen-bond acceptors (Lipinski definition) is 7. The molecule has 0 spiro atoms. The number of aryl methyl sites for hydroxylation is 1. The molecule has 0 unspecified atom stereocenters. The average Bonchev–Trinajstić information content (AvgIpc) is 2.92. The van der Waals surface area contributed by atoms with Crippen LogP contribution in [0.3, 0.4) is 0 Å². The van der Waals surface area contributed by atoms with Crippen LogP contribution in [-0.4, -0.2) is 46.3 Å². The molecule has 4 aromatic rings. The summed E-state index contributed by atoms with van der Waals surface area (Å²) in [5.41, 5.74) is 1.35. The van der Waals surface area contributed by atoms with Crippen molar-refractivity contribution in [1.82, 2.24) is 14.5 Å². The highest BCUT2D eigenvalue weighted by Crippen LogP contribution is 2.16. The molecule has 0 aliphatic rings. The van der Waals surface area contributed by atoms with Crippen molar-refractivity contribution in [3.63, 3.8) is 0 Å². The number of amides is 1. The lowest BCUT2D eigenvalue weighted by molar-refractivity contribution is -0.144. The zero-order chi connectivity index (χ0) is 26.9. The fourth-order valence-electron chi connectivity index (χ4n) is 3.91. The van der Waals surface area contributed by atoms with Crippen molar-refractivity contribution in [3.05, 3.63) is 101 Å². The number of rotatable bonds is 10. The third-order valence-corrected chi connectivity index (χ3v) is 5.76. The number of fused-ring (bicyclic) bond motifs is 1. The standard InChI is InChI=1S/C29H29N3O6/c1-3-36-27(33)20-31(29(35)38-24-9-5-4-6-10-24)19-22-13-15-23(16-14-22)37-18-17-32-21(2)30-26-12-8-7-11-25(26)28(32)34/h4-16H,3,17-20H2,1-2H3. The molecule has 1 heterocycles. The maximum absolute atomic E-state index is 12.8. The molecule has 0 radical (unpaired) electrons. The first-order chi connectivity index (χ1) is 18.4. The Hall–Kier alpha value is -4.66. The van der Waals surface area contributed by atoms with Gasteiger partial charge in [0, 0.05) is 6.54 Å². The van der Waals surface area contributed by atoms with Crippen molar-refractivity contribution < 1.29 is 23.8 Å². The van der Waals surface area contributed by atoms with Crippen LogP contribution in [0.25, 0.3) is 10.9 Å². The van der Waals surface area contributed by atoms with Gasteiger partial charge in [0.15, 0.2) is 0 Å². The van der Waals surface area contributed by atoms with Crippen LogP contribution in [0.2, 0.25) is 0 Å². The summed E-state index contributed by atoms with van der Waals surface area (Å²) in [4.78, 5) is 43.5. The zero-order valence-corrected chi connectivity index (χ0v) is 21.3. The fourth-order valence-corrected chi connectivity index (χ4v) is 3.91. The lowest BCUT2D eigenvalue weighted by Crippen LogP contribution is -2.38. The van der Waals surface area contributed by atoms with Crippen molar-refractivity contribution in [2.24, 2.45) is 0 Å². The summed E-state index contributed by atoms with van der Waals surface area (Å²) < 4.78 is 17.9. The van der Waals surface area contributed by atoms with E-state index in [2.05, 4.69) is 4.98 Å². The summed E-state index contributed by atoms with van der Waals surface area (Å²) in [6.07, 6.45) is -0.658. The van der Waals surface area contributed by atoms with Gasteiger partial charge in [-0.15, -0.1) is 0 Å². The molecule has 1 aromatic heterocycles. The van der Waals surface area contributed by atoms with E-state index >= 15 is 0 Å². The summed E-state index contributed by atoms with van der Waals surface area (Å²) >= 11 is 0. The molecule has 0 N–H and O–H groups in total. The average molecular weight is 516 g/mol. The second-order valence-corrected chi connectivity index (χ2v) is 8.47. The van der Waals surface area contributed by atoms with Crippen molar-refractivity contribution in [2.75, 3.05) is 19.8 Å². The van der Waals surface area contributed by atoms with Crippen LogP contribution >= 0.6 is 0 Å². The van der Waals surface area contributed by atoms with Gasteiger partial charge in [0.1, 0.15) is 30.5 Å². The van der Waals surface area contributed by atoms with E-state index in [0.717, 1.165) is 5.56 Å². The molecule has 38 heavy (non-hydrogen) atoms. The molecule has 1 amide bonds. The lowest BCUT2D eigenvalue weighted by atomic mass is 10.2. The number of carbonyl (C=O) groups excluding carboxylic acids is 2. The Morgan fingerprint density at radius 3 is 2.37 bits per heavy atom. The van der Waals surface area contributed by atoms with Gasteiger partial charge in [-0.3, -0.25) is 19.1 Å². The second-order valence-electron chi connectivity index (χ2n) is 8.47. The number of benzene rings is 3. The normalized spacial score (nSPS) is 10.7. The number of esters is 1. The van der Waals surface area contributed by atoms with E-state index in [0.29, 0.717) is 34.8 Å². The molecular weight excluding hydrogens is 486 g/mol. The highest BCUT2D eigenvalue weighted by atomic mass is 16.6. The van der Waals surface area contributed by atoms with E-state index in [1.807, 2.05) is 24.3 Å². The number of hydrogen-bond donors (Lipinski definition) is 0. The van der Waals surface area contributed by atoms with Gasteiger partial charge < -0.3 is 14.2 Å². The Morgan fingerprint density at radius 2 is 1.63 bits per heavy atom. The first-order valence-corrected chi connectivity index (χ1v) is 12.3. The molecule has 0 aliphatic heterocycles. The Morgan fingerprint density at radius 1 is 0.921 bits per heavy atom. The van der Waals surface area contributed by atoms with Gasteiger partial charge in [0.05, 0.1) is 24.1 Å². The Balaban J connectivity index is 1.38. The van der Waals surface area contributed by atoms with Crippen molar-refractivity contribution in [1.29, 1.82) is 0 Å². The molecular formula is C29H29N3O6. The Kier molecular flexibility index (Phi) is 8.71. The monoisotopic (exact) mass is 515 g/mol. The van der Waals surface area contributed by atoms with Gasteiger partial charge in [-0.1, -0.05) is 42.5 Å². The van der Waals surface area contributed by atoms with Gasteiger partial charge in [-0.2, -0.15) is 0 Å². The highest BCUT2D eigenvalue weighted by molar-refractivity contribution is 5.79. The number of ether oxygens (including phenoxy) is 3. The first kappa shape index (κ1) is 26.4. The van der Waals surface area contributed by atoms with Gasteiger partial charge >= 0.3 is 12.1 Å². The number of aromatic nitrogens is 2. The molecule has 0 saturated heterocycles. The van der Waals surface area contributed by atoms with Gasteiger partial charge in [-0.25, -0.2) is 9.78 Å². The zero-order valence-electron chi connectivity index (χ0n) is 21.3. The summed E-state index contributed by atoms with van der Waals surface area (Å²) in [7, 11) is 0. The molecule has 0 atom stereocenters. The minimum Gasteiger partial charge on any atom is -0.492 e. The van der Waals surface area contributed by atoms with Crippen LogP contribution < -0.4 is 15.0 Å². The van der Waals surface area contributed by atoms with Crippen LogP contribution in [0.1, 0.15) is 18.3 Å². The molecule has 9 nitrogen and oxygen atoms in total. The number of carbonyl (C=O) groups is 2. The van der Waals surface area contributed by atoms with Crippen molar-refractivity contribution in [3.8, 4) is 11.5 Å². The van der Waals surface area contributed by atoms with Gasteiger partial charge in [0.25, 0.3) is 5.56 Å². The molecule has 0 aliphatic carbocycles. The molecule has 0 bridgehead atoms. The summed E-state index contributed by atoms with van der Waals surface area (Å²) in [6.45, 7) is 4.24. The predicted molar refractivity (Wildman–Crippen MR) is 142 cm³/mol. The minimum absolute atomic E-state index is 0.101. The van der Waals surface area contributed by atoms with E-state index in [1.54, 1.807) is 73.0 Å². The molecule has 4 rings (SSSR count). The first-order valence-electron chi connectivity index (χ1n) is 12.3. The van der Waals surface area contributed by atoms with Crippen LogP contribution in [0, 0.1) is 6.92 Å². The SMILES string of the molecule is CCOC(=O)CN(Cc1ccc(OCCn2c(C)nc3ccccc3c2=O)cc1)C(=O)Oc1ccccc1. The fraction of sp³-hybridized carbons (Fsp3) is 0.241. The summed E-state index contributed by atoms with van der Waals surface area (Å²) in [5, 5.41) is 0.570. The quantitative estimate of drug-likeness (QED) is 0.290. The van der Waals surface area contributed by atoms with Crippen LogP contribution in [0.5, 0.6) is 11.5 Å². The smallest absolute Gasteiger partial charge is 0.416 e. The highest BCUT2D eigenvalue weighted by Gasteiger charge is 2.20. The van der Waals surface area contributed by atoms with Crippen molar-refractivity contribution >= 4 is 23.0 Å².